The Labute approximate surface area is 155 Å². The molecule has 2 radical (unpaired) electrons. The number of nitrogens with zero attached hydrogens (tertiary/aromatic N) is 1. The third kappa shape index (κ3) is 4.14. The van der Waals surface area contributed by atoms with Crippen LogP contribution in [0.4, 0.5) is 14.5 Å². The number of benzene rings is 2. The van der Waals surface area contributed by atoms with Gasteiger partial charge in [-0.15, -0.1) is 0 Å². The van der Waals surface area contributed by atoms with E-state index in [-0.39, 0.29) is 24.4 Å². The van der Waals surface area contributed by atoms with Gasteiger partial charge in [0.1, 0.15) is 19.5 Å². The van der Waals surface area contributed by atoms with E-state index in [9.17, 15) is 13.6 Å². The highest BCUT2D eigenvalue weighted by molar-refractivity contribution is 6.35. The van der Waals surface area contributed by atoms with Crippen LogP contribution in [0, 0.1) is 11.6 Å². The Morgan fingerprint density at radius 3 is 2.65 bits per heavy atom. The van der Waals surface area contributed by atoms with Crippen molar-refractivity contribution in [3.63, 3.8) is 0 Å². The van der Waals surface area contributed by atoms with Gasteiger partial charge in [0.15, 0.2) is 0 Å². The van der Waals surface area contributed by atoms with E-state index in [2.05, 4.69) is 5.32 Å². The lowest BCUT2D eigenvalue weighted by molar-refractivity contribution is 0.613. The predicted octanol–water partition coefficient (Wildman–Crippen LogP) is 3.23. The van der Waals surface area contributed by atoms with Gasteiger partial charge in [0.25, 0.3) is 0 Å². The van der Waals surface area contributed by atoms with Gasteiger partial charge in [0.2, 0.25) is 5.56 Å². The van der Waals surface area contributed by atoms with E-state index in [0.29, 0.717) is 21.8 Å². The van der Waals surface area contributed by atoms with E-state index >= 15 is 0 Å². The number of hydrogen-bond donors (Lipinski definition) is 1. The van der Waals surface area contributed by atoms with Gasteiger partial charge in [0, 0.05) is 29.0 Å². The molecule has 0 atom stereocenters. The molecule has 0 saturated carbocycles. The molecule has 1 N–H and O–H groups in total. The summed E-state index contributed by atoms with van der Waals surface area (Å²) in [6, 6.07) is 12.0. The molecule has 0 unspecified atom stereocenters. The van der Waals surface area contributed by atoms with Crippen LogP contribution in [-0.2, 0) is 13.1 Å². The lowest BCUT2D eigenvalue weighted by Crippen LogP contribution is -2.36. The van der Waals surface area contributed by atoms with Crippen molar-refractivity contribution in [3.05, 3.63) is 92.9 Å². The van der Waals surface area contributed by atoms with Crippen molar-refractivity contribution in [2.24, 2.45) is 0 Å². The summed E-state index contributed by atoms with van der Waals surface area (Å²) in [5.74, 6) is -0.810. The molecule has 26 heavy (non-hydrogen) atoms. The molecule has 0 amide bonds. The Balaban J connectivity index is 1.78. The summed E-state index contributed by atoms with van der Waals surface area (Å²) in [4.78, 5) is 12.4. The molecule has 2 aromatic carbocycles. The topological polar surface area (TPSA) is 34.0 Å². The molecular weight excluding hydrogens is 356 g/mol. The fraction of sp³-hybridized carbons (Fsp3) is 0.105. The zero-order chi connectivity index (χ0) is 18.7. The third-order valence-electron chi connectivity index (χ3n) is 3.93. The zero-order valence-electron chi connectivity index (χ0n) is 13.7. The minimum Gasteiger partial charge on any atom is -0.381 e. The summed E-state index contributed by atoms with van der Waals surface area (Å²) in [7, 11) is 5.91. The minimum atomic E-state index is -0.442. The van der Waals surface area contributed by atoms with Crippen LogP contribution >= 0.6 is 11.6 Å². The number of nitrogens with one attached hydrogen (secondary N) is 1. The first kappa shape index (κ1) is 18.2. The molecule has 3 rings (SSSR count). The second kappa shape index (κ2) is 7.75. The first-order chi connectivity index (χ1) is 12.4. The largest absolute Gasteiger partial charge is 0.381 e. The normalized spacial score (nSPS) is 10.7. The molecule has 1 heterocycles. The van der Waals surface area contributed by atoms with E-state index in [4.69, 9.17) is 19.4 Å². The Morgan fingerprint density at radius 1 is 1.12 bits per heavy atom. The molecule has 0 spiro atoms. The van der Waals surface area contributed by atoms with Crippen molar-refractivity contribution in [1.82, 2.24) is 4.57 Å². The van der Waals surface area contributed by atoms with Gasteiger partial charge in [0.05, 0.1) is 6.54 Å². The number of anilines is 1. The van der Waals surface area contributed by atoms with Gasteiger partial charge in [-0.25, -0.2) is 8.78 Å². The fourth-order valence-electron chi connectivity index (χ4n) is 2.56. The molecule has 0 bridgehead atoms. The molecule has 0 saturated heterocycles. The van der Waals surface area contributed by atoms with Crippen molar-refractivity contribution in [2.75, 3.05) is 5.32 Å². The first-order valence-electron chi connectivity index (χ1n) is 7.85. The summed E-state index contributed by atoms with van der Waals surface area (Å²) in [6.07, 6.45) is 1.56. The molecule has 3 nitrogen and oxygen atoms in total. The average molecular weight is 371 g/mol. The van der Waals surface area contributed by atoms with Crippen LogP contribution in [0.3, 0.4) is 0 Å². The van der Waals surface area contributed by atoms with Gasteiger partial charge < -0.3 is 9.88 Å². The predicted molar refractivity (Wildman–Crippen MR) is 100 cm³/mol. The van der Waals surface area contributed by atoms with Crippen LogP contribution in [-0.4, -0.2) is 12.4 Å². The Kier molecular flexibility index (Phi) is 5.42. The summed E-state index contributed by atoms with van der Waals surface area (Å²) in [5, 5.41) is 3.26. The van der Waals surface area contributed by atoms with Gasteiger partial charge >= 0.3 is 0 Å². The van der Waals surface area contributed by atoms with Crippen molar-refractivity contribution in [2.45, 2.75) is 13.1 Å². The zero-order valence-corrected chi connectivity index (χ0v) is 14.4. The Bertz CT molecular complexity index is 1010. The Hall–Kier alpha value is -2.60. The van der Waals surface area contributed by atoms with E-state index < -0.39 is 11.4 Å². The Morgan fingerprint density at radius 2 is 1.92 bits per heavy atom. The van der Waals surface area contributed by atoms with Gasteiger partial charge in [-0.1, -0.05) is 29.8 Å². The number of aromatic nitrogens is 1. The van der Waals surface area contributed by atoms with Crippen molar-refractivity contribution >= 4 is 30.6 Å². The molecular formula is C19H14BClF2N2O. The molecule has 0 aliphatic rings. The SMILES string of the molecule is [B]c1c(NCc2ccc(Cl)cc2F)ccn(Cc2cccc(F)c2)c1=O. The summed E-state index contributed by atoms with van der Waals surface area (Å²) in [5.41, 5.74) is 1.06. The van der Waals surface area contributed by atoms with Crippen LogP contribution in [0.25, 0.3) is 0 Å². The van der Waals surface area contributed by atoms with E-state index in [1.165, 1.54) is 22.8 Å². The summed E-state index contributed by atoms with van der Waals surface area (Å²) >= 11 is 5.73. The van der Waals surface area contributed by atoms with Gasteiger partial charge in [-0.05, 0) is 41.4 Å². The maximum Gasteiger partial charge on any atom is 0.245 e. The van der Waals surface area contributed by atoms with E-state index in [1.54, 1.807) is 36.5 Å². The molecule has 0 fully saturated rings. The van der Waals surface area contributed by atoms with Crippen molar-refractivity contribution in [3.8, 4) is 0 Å². The minimum absolute atomic E-state index is 0.0123. The number of hydrogen-bond acceptors (Lipinski definition) is 2. The highest BCUT2D eigenvalue weighted by Crippen LogP contribution is 2.15. The van der Waals surface area contributed by atoms with Crippen LogP contribution in [0.2, 0.25) is 5.02 Å². The number of pyridine rings is 1. The van der Waals surface area contributed by atoms with Crippen LogP contribution in [0.5, 0.6) is 0 Å². The van der Waals surface area contributed by atoms with Crippen molar-refractivity contribution in [1.29, 1.82) is 0 Å². The van der Waals surface area contributed by atoms with Gasteiger partial charge in [-0.3, -0.25) is 4.79 Å². The van der Waals surface area contributed by atoms with E-state index in [0.717, 1.165) is 0 Å². The van der Waals surface area contributed by atoms with Gasteiger partial charge in [-0.2, -0.15) is 0 Å². The van der Waals surface area contributed by atoms with Crippen molar-refractivity contribution < 1.29 is 8.78 Å². The summed E-state index contributed by atoms with van der Waals surface area (Å²) < 4.78 is 28.5. The number of rotatable bonds is 5. The van der Waals surface area contributed by atoms with E-state index in [1.807, 2.05) is 0 Å². The molecule has 1 aromatic heterocycles. The molecule has 130 valence electrons. The average Bonchev–Trinajstić information content (AvgIpc) is 2.60. The second-order valence-electron chi connectivity index (χ2n) is 5.80. The fourth-order valence-corrected chi connectivity index (χ4v) is 2.72. The quantitative estimate of drug-likeness (QED) is 0.700. The monoisotopic (exact) mass is 370 g/mol. The smallest absolute Gasteiger partial charge is 0.245 e. The maximum atomic E-state index is 13.8. The summed E-state index contributed by atoms with van der Waals surface area (Å²) in [6.45, 7) is 0.355. The highest BCUT2D eigenvalue weighted by Gasteiger charge is 2.08. The first-order valence-corrected chi connectivity index (χ1v) is 8.23. The number of halogens is 3. The second-order valence-corrected chi connectivity index (χ2v) is 6.23. The van der Waals surface area contributed by atoms with Crippen LogP contribution in [0.1, 0.15) is 11.1 Å². The lowest BCUT2D eigenvalue weighted by Gasteiger charge is -2.13. The molecule has 0 aliphatic heterocycles. The maximum absolute atomic E-state index is 13.8. The molecule has 7 heteroatoms. The van der Waals surface area contributed by atoms with Crippen LogP contribution in [0.15, 0.2) is 59.5 Å². The lowest BCUT2D eigenvalue weighted by atomic mass is 9.95. The van der Waals surface area contributed by atoms with Crippen LogP contribution < -0.4 is 16.3 Å². The molecule has 0 aliphatic carbocycles. The highest BCUT2D eigenvalue weighted by atomic mass is 35.5. The standard InChI is InChI=1S/C19H14BClF2N2O/c20-18-17(24-10-13-4-5-14(21)9-16(13)23)6-7-25(19(18)26)11-12-2-1-3-15(22)8-12/h1-9,24H,10-11H2. The third-order valence-corrected chi connectivity index (χ3v) is 4.16. The molecule has 3 aromatic rings.